The van der Waals surface area contributed by atoms with Gasteiger partial charge in [0, 0.05) is 6.04 Å². The molecule has 2 heteroatoms. The minimum atomic E-state index is -0.356. The first-order chi connectivity index (χ1) is 7.79. The van der Waals surface area contributed by atoms with Gasteiger partial charge in [0.25, 0.3) is 0 Å². The molecule has 1 aromatic rings. The van der Waals surface area contributed by atoms with Crippen LogP contribution in [-0.2, 0) is 13.1 Å². The first-order valence-electron chi connectivity index (χ1n) is 6.17. The standard InChI is InChI=1S/C14H20FN/c1-11-5-6-12(10-15)8-13(11)9-14-4-2-3-7-16-14/h5-6,8,14,16H,2-4,7,9-10H2,1H3. The van der Waals surface area contributed by atoms with Crippen molar-refractivity contribution in [3.63, 3.8) is 0 Å². The minimum absolute atomic E-state index is 0.356. The molecule has 1 aliphatic rings. The molecular formula is C14H20FN. The molecule has 1 N–H and O–H groups in total. The smallest absolute Gasteiger partial charge is 0.115 e. The summed E-state index contributed by atoms with van der Waals surface area (Å²) in [5.41, 5.74) is 3.38. The second-order valence-corrected chi connectivity index (χ2v) is 4.75. The van der Waals surface area contributed by atoms with Gasteiger partial charge in [-0.05, 0) is 49.4 Å². The second-order valence-electron chi connectivity index (χ2n) is 4.75. The third-order valence-electron chi connectivity index (χ3n) is 3.45. The van der Waals surface area contributed by atoms with E-state index < -0.39 is 0 Å². The van der Waals surface area contributed by atoms with Gasteiger partial charge in [-0.15, -0.1) is 0 Å². The van der Waals surface area contributed by atoms with E-state index in [0.29, 0.717) is 6.04 Å². The summed E-state index contributed by atoms with van der Waals surface area (Å²) in [6, 6.07) is 6.52. The summed E-state index contributed by atoms with van der Waals surface area (Å²) in [5, 5.41) is 3.54. The molecule has 0 aromatic heterocycles. The summed E-state index contributed by atoms with van der Waals surface area (Å²) < 4.78 is 12.6. The summed E-state index contributed by atoms with van der Waals surface area (Å²) in [6.45, 7) is 2.89. The van der Waals surface area contributed by atoms with Crippen LogP contribution in [0, 0.1) is 6.92 Å². The van der Waals surface area contributed by atoms with Crippen molar-refractivity contribution in [1.82, 2.24) is 5.32 Å². The Kier molecular flexibility index (Phi) is 3.94. The normalized spacial score (nSPS) is 21.0. The van der Waals surface area contributed by atoms with E-state index in [-0.39, 0.29) is 6.67 Å². The number of hydrogen-bond acceptors (Lipinski definition) is 1. The number of piperidine rings is 1. The molecule has 16 heavy (non-hydrogen) atoms. The van der Waals surface area contributed by atoms with Crippen molar-refractivity contribution in [2.24, 2.45) is 0 Å². The number of alkyl halides is 1. The highest BCUT2D eigenvalue weighted by atomic mass is 19.1. The fourth-order valence-corrected chi connectivity index (χ4v) is 2.39. The molecule has 0 saturated carbocycles. The summed E-state index contributed by atoms with van der Waals surface area (Å²) in [4.78, 5) is 0. The van der Waals surface area contributed by atoms with E-state index in [1.807, 2.05) is 18.2 Å². The van der Waals surface area contributed by atoms with Crippen LogP contribution < -0.4 is 5.32 Å². The first kappa shape index (κ1) is 11.6. The molecule has 1 saturated heterocycles. The predicted octanol–water partition coefficient (Wildman–Crippen LogP) is 3.15. The van der Waals surface area contributed by atoms with Crippen LogP contribution in [-0.4, -0.2) is 12.6 Å². The maximum Gasteiger partial charge on any atom is 0.115 e. The van der Waals surface area contributed by atoms with Crippen LogP contribution in [0.5, 0.6) is 0 Å². The molecule has 0 spiro atoms. The maximum absolute atomic E-state index is 12.6. The average Bonchev–Trinajstić information content (AvgIpc) is 2.33. The Morgan fingerprint density at radius 1 is 1.38 bits per heavy atom. The van der Waals surface area contributed by atoms with E-state index in [1.54, 1.807) is 0 Å². The number of halogens is 1. The lowest BCUT2D eigenvalue weighted by molar-refractivity contribution is 0.398. The Morgan fingerprint density at radius 2 is 2.25 bits per heavy atom. The van der Waals surface area contributed by atoms with E-state index >= 15 is 0 Å². The molecule has 1 fully saturated rings. The van der Waals surface area contributed by atoms with Crippen LogP contribution in [0.25, 0.3) is 0 Å². The molecule has 0 radical (unpaired) electrons. The van der Waals surface area contributed by atoms with Gasteiger partial charge < -0.3 is 5.32 Å². The lowest BCUT2D eigenvalue weighted by Gasteiger charge is -2.24. The van der Waals surface area contributed by atoms with Crippen molar-refractivity contribution in [2.75, 3.05) is 6.54 Å². The van der Waals surface area contributed by atoms with Gasteiger partial charge in [0.05, 0.1) is 0 Å². The molecule has 1 nitrogen and oxygen atoms in total. The summed E-state index contributed by atoms with van der Waals surface area (Å²) in [6.07, 6.45) is 4.90. The van der Waals surface area contributed by atoms with Gasteiger partial charge in [-0.3, -0.25) is 0 Å². The largest absolute Gasteiger partial charge is 0.314 e. The molecule has 1 unspecified atom stereocenters. The van der Waals surface area contributed by atoms with Crippen LogP contribution in [0.3, 0.4) is 0 Å². The molecule has 88 valence electrons. The van der Waals surface area contributed by atoms with Gasteiger partial charge in [-0.1, -0.05) is 24.6 Å². The zero-order chi connectivity index (χ0) is 11.4. The van der Waals surface area contributed by atoms with Crippen molar-refractivity contribution >= 4 is 0 Å². The average molecular weight is 221 g/mol. The quantitative estimate of drug-likeness (QED) is 0.826. The van der Waals surface area contributed by atoms with Crippen LogP contribution in [0.4, 0.5) is 4.39 Å². The Hall–Kier alpha value is -0.890. The molecule has 0 bridgehead atoms. The Morgan fingerprint density at radius 3 is 2.94 bits per heavy atom. The molecule has 1 aliphatic heterocycles. The molecule has 0 aliphatic carbocycles. The van der Waals surface area contributed by atoms with Gasteiger partial charge in [0.1, 0.15) is 6.67 Å². The lowest BCUT2D eigenvalue weighted by atomic mass is 9.94. The minimum Gasteiger partial charge on any atom is -0.314 e. The number of rotatable bonds is 3. The summed E-state index contributed by atoms with van der Waals surface area (Å²) in [7, 11) is 0. The van der Waals surface area contributed by atoms with Gasteiger partial charge >= 0.3 is 0 Å². The van der Waals surface area contributed by atoms with Crippen molar-refractivity contribution in [2.45, 2.75) is 45.3 Å². The van der Waals surface area contributed by atoms with Crippen molar-refractivity contribution in [3.8, 4) is 0 Å². The van der Waals surface area contributed by atoms with Gasteiger partial charge in [-0.2, -0.15) is 0 Å². The summed E-state index contributed by atoms with van der Waals surface area (Å²) in [5.74, 6) is 0. The Bertz CT molecular complexity index is 343. The molecule has 1 atom stereocenters. The number of nitrogens with one attached hydrogen (secondary N) is 1. The predicted molar refractivity (Wildman–Crippen MR) is 65.3 cm³/mol. The first-order valence-corrected chi connectivity index (χ1v) is 6.17. The molecular weight excluding hydrogens is 201 g/mol. The van der Waals surface area contributed by atoms with Crippen molar-refractivity contribution in [1.29, 1.82) is 0 Å². The van der Waals surface area contributed by atoms with Gasteiger partial charge in [0.15, 0.2) is 0 Å². The van der Waals surface area contributed by atoms with Crippen molar-refractivity contribution < 1.29 is 4.39 Å². The molecule has 1 heterocycles. The molecule has 2 rings (SSSR count). The number of aryl methyl sites for hydroxylation is 1. The topological polar surface area (TPSA) is 12.0 Å². The zero-order valence-electron chi connectivity index (χ0n) is 9.93. The van der Waals surface area contributed by atoms with Gasteiger partial charge in [0.2, 0.25) is 0 Å². The fourth-order valence-electron chi connectivity index (χ4n) is 2.39. The van der Waals surface area contributed by atoms with E-state index in [0.717, 1.165) is 18.5 Å². The van der Waals surface area contributed by atoms with Crippen LogP contribution in [0.2, 0.25) is 0 Å². The fraction of sp³-hybridized carbons (Fsp3) is 0.571. The second kappa shape index (κ2) is 5.44. The monoisotopic (exact) mass is 221 g/mol. The van der Waals surface area contributed by atoms with E-state index in [9.17, 15) is 4.39 Å². The number of benzene rings is 1. The van der Waals surface area contributed by atoms with Gasteiger partial charge in [-0.25, -0.2) is 4.39 Å². The third-order valence-corrected chi connectivity index (χ3v) is 3.45. The summed E-state index contributed by atoms with van der Waals surface area (Å²) >= 11 is 0. The van der Waals surface area contributed by atoms with E-state index in [2.05, 4.69) is 12.2 Å². The van der Waals surface area contributed by atoms with E-state index in [4.69, 9.17) is 0 Å². The third kappa shape index (κ3) is 2.82. The highest BCUT2D eigenvalue weighted by Gasteiger charge is 2.14. The highest BCUT2D eigenvalue weighted by Crippen LogP contribution is 2.17. The Labute approximate surface area is 97.1 Å². The molecule has 0 amide bonds. The SMILES string of the molecule is Cc1ccc(CF)cc1CC1CCCCN1. The highest BCUT2D eigenvalue weighted by molar-refractivity contribution is 5.31. The molecule has 1 aromatic carbocycles. The lowest BCUT2D eigenvalue weighted by Crippen LogP contribution is -2.35. The van der Waals surface area contributed by atoms with Crippen LogP contribution >= 0.6 is 0 Å². The zero-order valence-corrected chi connectivity index (χ0v) is 9.93. The van der Waals surface area contributed by atoms with E-state index in [1.165, 1.54) is 30.4 Å². The van der Waals surface area contributed by atoms with Crippen molar-refractivity contribution in [3.05, 3.63) is 34.9 Å². The number of hydrogen-bond donors (Lipinski definition) is 1. The Balaban J connectivity index is 2.06. The van der Waals surface area contributed by atoms with Crippen LogP contribution in [0.15, 0.2) is 18.2 Å². The van der Waals surface area contributed by atoms with Crippen LogP contribution in [0.1, 0.15) is 36.0 Å². The maximum atomic E-state index is 12.6.